The Morgan fingerprint density at radius 3 is 1.11 bits per heavy atom. The quantitative estimate of drug-likeness (QED) is 0.188. The predicted molar refractivity (Wildman–Crippen MR) is 176 cm³/mol. The number of benzene rings is 6. The minimum Gasteiger partial charge on any atom is -0.347 e. The fraction of sp³-hybridized carbons (Fsp3) is 0.275. The molecule has 0 bridgehead atoms. The number of Topliss-reactive ketones (excluding diaryl/α,β-unsaturated/α-hetero) is 1. The van der Waals surface area contributed by atoms with Crippen LogP contribution in [-0.2, 0) is 23.7 Å². The second kappa shape index (κ2) is 10.5. The van der Waals surface area contributed by atoms with E-state index in [0.717, 1.165) is 73.5 Å². The van der Waals surface area contributed by atoms with E-state index in [1.165, 1.54) is 0 Å². The molecule has 0 atom stereocenters. The minimum atomic E-state index is -0.708. The lowest BCUT2D eigenvalue weighted by Crippen LogP contribution is -2.58. The summed E-state index contributed by atoms with van der Waals surface area (Å²) in [5, 5.41) is 9.06. The van der Waals surface area contributed by atoms with Crippen molar-refractivity contribution in [2.45, 2.75) is 31.8 Å². The molecule has 1 saturated carbocycles. The van der Waals surface area contributed by atoms with Crippen molar-refractivity contribution in [1.29, 1.82) is 0 Å². The molecule has 45 heavy (non-hydrogen) atoms. The molecule has 3 fully saturated rings. The van der Waals surface area contributed by atoms with E-state index in [0.29, 0.717) is 26.4 Å². The molecule has 6 aromatic rings. The third-order valence-electron chi connectivity index (χ3n) is 10.4. The Balaban J connectivity index is 0.990. The Morgan fingerprint density at radius 1 is 0.467 bits per heavy atom. The Labute approximate surface area is 261 Å². The van der Waals surface area contributed by atoms with E-state index in [-0.39, 0.29) is 5.78 Å². The van der Waals surface area contributed by atoms with E-state index < -0.39 is 23.4 Å². The standard InChI is InChI=1S/C40H34O5/c41-38-39(22-42-36(43-23-39)34-30-14-5-1-10-26(30)20-27-11-2-6-15-31(27)34)18-9-19-40(38)24-44-37(45-25-40)35-32-16-7-3-12-28(32)21-29-13-4-8-17-33(29)35/h1-8,10-17,20-21,36-37H,9,18-19,22-25H2. The fourth-order valence-electron chi connectivity index (χ4n) is 8.17. The second-order valence-corrected chi connectivity index (χ2v) is 13.1. The molecule has 5 heteroatoms. The van der Waals surface area contributed by atoms with Crippen LogP contribution in [0.4, 0.5) is 0 Å². The zero-order valence-electron chi connectivity index (χ0n) is 25.0. The van der Waals surface area contributed by atoms with Gasteiger partial charge in [-0.1, -0.05) is 103 Å². The maximum Gasteiger partial charge on any atom is 0.185 e. The van der Waals surface area contributed by atoms with Gasteiger partial charge in [-0.25, -0.2) is 0 Å². The van der Waals surface area contributed by atoms with Gasteiger partial charge < -0.3 is 18.9 Å². The molecular formula is C40H34O5. The third-order valence-corrected chi connectivity index (χ3v) is 10.4. The van der Waals surface area contributed by atoms with Crippen molar-refractivity contribution in [2.24, 2.45) is 10.8 Å². The third kappa shape index (κ3) is 4.26. The normalized spacial score (nSPS) is 27.2. The number of carbonyl (C=O) groups excluding carboxylic acids is 1. The molecule has 0 unspecified atom stereocenters. The highest BCUT2D eigenvalue weighted by Gasteiger charge is 2.57. The summed E-state index contributed by atoms with van der Waals surface area (Å²) in [4.78, 5) is 14.5. The molecular weight excluding hydrogens is 560 g/mol. The smallest absolute Gasteiger partial charge is 0.185 e. The molecule has 3 aliphatic rings. The summed E-state index contributed by atoms with van der Waals surface area (Å²) in [6.45, 7) is 1.31. The van der Waals surface area contributed by atoms with Crippen LogP contribution in [0.1, 0.15) is 43.0 Å². The Morgan fingerprint density at radius 2 is 0.778 bits per heavy atom. The van der Waals surface area contributed by atoms with Crippen LogP contribution >= 0.6 is 0 Å². The van der Waals surface area contributed by atoms with Gasteiger partial charge in [-0.05, 0) is 68.1 Å². The number of carbonyl (C=O) groups is 1. The Hall–Kier alpha value is -4.13. The molecule has 0 radical (unpaired) electrons. The van der Waals surface area contributed by atoms with Crippen molar-refractivity contribution in [2.75, 3.05) is 26.4 Å². The molecule has 0 aromatic heterocycles. The fourth-order valence-corrected chi connectivity index (χ4v) is 8.17. The first-order chi connectivity index (χ1) is 22.1. The SMILES string of the molecule is O=C1C2(CCCC13COC(c1c4ccccc4cc4ccccc14)OC3)COC(c1c3ccccc3cc3ccccc13)OC2. The lowest BCUT2D eigenvalue weighted by atomic mass is 9.61. The van der Waals surface area contributed by atoms with Crippen LogP contribution in [0, 0.1) is 10.8 Å². The number of hydrogen-bond acceptors (Lipinski definition) is 5. The molecule has 9 rings (SSSR count). The van der Waals surface area contributed by atoms with Crippen molar-refractivity contribution in [3.05, 3.63) is 120 Å². The highest BCUT2D eigenvalue weighted by atomic mass is 16.7. The van der Waals surface area contributed by atoms with E-state index in [1.54, 1.807) is 0 Å². The van der Waals surface area contributed by atoms with E-state index in [1.807, 2.05) is 0 Å². The molecule has 0 N–H and O–H groups in total. The lowest BCUT2D eigenvalue weighted by Gasteiger charge is -2.50. The second-order valence-electron chi connectivity index (χ2n) is 13.1. The van der Waals surface area contributed by atoms with Crippen molar-refractivity contribution in [3.8, 4) is 0 Å². The summed E-state index contributed by atoms with van der Waals surface area (Å²) in [7, 11) is 0. The summed E-state index contributed by atoms with van der Waals surface area (Å²) >= 11 is 0. The Kier molecular flexibility index (Phi) is 6.33. The van der Waals surface area contributed by atoms with Gasteiger partial charge in [-0.3, -0.25) is 4.79 Å². The average molecular weight is 595 g/mol. The number of rotatable bonds is 2. The molecule has 224 valence electrons. The molecule has 2 spiro atoms. The first-order valence-electron chi connectivity index (χ1n) is 16.0. The van der Waals surface area contributed by atoms with Crippen LogP contribution in [0.15, 0.2) is 109 Å². The van der Waals surface area contributed by atoms with E-state index >= 15 is 0 Å². The van der Waals surface area contributed by atoms with E-state index in [9.17, 15) is 4.79 Å². The molecule has 2 saturated heterocycles. The van der Waals surface area contributed by atoms with Crippen LogP contribution in [0.25, 0.3) is 43.1 Å². The van der Waals surface area contributed by atoms with Gasteiger partial charge in [-0.15, -0.1) is 0 Å². The van der Waals surface area contributed by atoms with Gasteiger partial charge in [0, 0.05) is 11.1 Å². The molecule has 1 aliphatic carbocycles. The lowest BCUT2D eigenvalue weighted by molar-refractivity contribution is -0.261. The number of ketones is 1. The van der Waals surface area contributed by atoms with Crippen molar-refractivity contribution >= 4 is 48.9 Å². The maximum atomic E-state index is 14.5. The number of ether oxygens (including phenoxy) is 4. The first-order valence-corrected chi connectivity index (χ1v) is 16.0. The summed E-state index contributed by atoms with van der Waals surface area (Å²) < 4.78 is 26.2. The number of fused-ring (bicyclic) bond motifs is 4. The molecule has 2 heterocycles. The molecule has 0 amide bonds. The summed E-state index contributed by atoms with van der Waals surface area (Å²) in [5.41, 5.74) is 0.652. The van der Waals surface area contributed by atoms with Crippen LogP contribution < -0.4 is 0 Å². The maximum absolute atomic E-state index is 14.5. The first kappa shape index (κ1) is 27.2. The highest BCUT2D eigenvalue weighted by molar-refractivity contribution is 6.03. The molecule has 2 aliphatic heterocycles. The predicted octanol–water partition coefficient (Wildman–Crippen LogP) is 8.82. The average Bonchev–Trinajstić information content (AvgIpc) is 3.09. The molecule has 6 aromatic carbocycles. The minimum absolute atomic E-state index is 0.156. The van der Waals surface area contributed by atoms with Gasteiger partial charge in [-0.2, -0.15) is 0 Å². The zero-order chi connectivity index (χ0) is 30.0. The van der Waals surface area contributed by atoms with E-state index in [4.69, 9.17) is 18.9 Å². The van der Waals surface area contributed by atoms with Gasteiger partial charge in [0.05, 0.1) is 37.3 Å². The van der Waals surface area contributed by atoms with Crippen LogP contribution in [0.3, 0.4) is 0 Å². The topological polar surface area (TPSA) is 54.0 Å². The van der Waals surface area contributed by atoms with E-state index in [2.05, 4.69) is 109 Å². The van der Waals surface area contributed by atoms with Gasteiger partial charge in [0.1, 0.15) is 0 Å². The van der Waals surface area contributed by atoms with Crippen molar-refractivity contribution in [3.63, 3.8) is 0 Å². The van der Waals surface area contributed by atoms with Crippen molar-refractivity contribution < 1.29 is 23.7 Å². The van der Waals surface area contributed by atoms with Gasteiger partial charge in [0.25, 0.3) is 0 Å². The van der Waals surface area contributed by atoms with Gasteiger partial charge >= 0.3 is 0 Å². The van der Waals surface area contributed by atoms with Crippen LogP contribution in [0.5, 0.6) is 0 Å². The van der Waals surface area contributed by atoms with Crippen LogP contribution in [-0.4, -0.2) is 32.2 Å². The monoisotopic (exact) mass is 594 g/mol. The van der Waals surface area contributed by atoms with Gasteiger partial charge in [0.15, 0.2) is 18.4 Å². The Bertz CT molecular complexity index is 1840. The highest BCUT2D eigenvalue weighted by Crippen LogP contribution is 2.51. The molecule has 5 nitrogen and oxygen atoms in total. The largest absolute Gasteiger partial charge is 0.347 e. The number of hydrogen-bond donors (Lipinski definition) is 0. The summed E-state index contributed by atoms with van der Waals surface area (Å²) in [6, 6.07) is 37.9. The summed E-state index contributed by atoms with van der Waals surface area (Å²) in [6.07, 6.45) is 1.30. The van der Waals surface area contributed by atoms with Crippen LogP contribution in [0.2, 0.25) is 0 Å². The summed E-state index contributed by atoms with van der Waals surface area (Å²) in [5.74, 6) is 0.156. The zero-order valence-corrected chi connectivity index (χ0v) is 25.0. The van der Waals surface area contributed by atoms with Crippen molar-refractivity contribution in [1.82, 2.24) is 0 Å². The van der Waals surface area contributed by atoms with Gasteiger partial charge in [0.2, 0.25) is 0 Å².